The molecule has 0 saturated heterocycles. The zero-order valence-corrected chi connectivity index (χ0v) is 22.4. The van der Waals surface area contributed by atoms with E-state index in [1.807, 2.05) is 24.3 Å². The fraction of sp³-hybridized carbons (Fsp3) is 0.690. The highest BCUT2D eigenvalue weighted by molar-refractivity contribution is 5.74. The minimum atomic E-state index is -0.218. The van der Waals surface area contributed by atoms with E-state index in [0.717, 1.165) is 12.0 Å². The number of urea groups is 1. The van der Waals surface area contributed by atoms with Crippen molar-refractivity contribution < 1.29 is 14.3 Å². The van der Waals surface area contributed by atoms with Gasteiger partial charge >= 0.3 is 6.03 Å². The van der Waals surface area contributed by atoms with E-state index in [9.17, 15) is 4.79 Å². The molecule has 2 amide bonds. The number of amides is 2. The Bertz CT molecular complexity index is 679. The van der Waals surface area contributed by atoms with Gasteiger partial charge in [-0.05, 0) is 30.5 Å². The monoisotopic (exact) mass is 489 g/mol. The molecular weight excluding hydrogens is 438 g/mol. The first-order valence-electron chi connectivity index (χ1n) is 13.9. The zero-order valence-electron chi connectivity index (χ0n) is 22.4. The molecule has 35 heavy (non-hydrogen) atoms. The number of nitrogens with two attached hydrogens (primary N) is 1. The van der Waals surface area contributed by atoms with Gasteiger partial charge in [0, 0.05) is 19.3 Å². The molecule has 0 aliphatic carbocycles. The first-order chi connectivity index (χ1) is 17.2. The van der Waals surface area contributed by atoms with Crippen LogP contribution in [0, 0.1) is 0 Å². The molecule has 4 N–H and O–H groups in total. The number of nitrogens with one attached hydrogen (secondary N) is 2. The van der Waals surface area contributed by atoms with Crippen molar-refractivity contribution in [2.24, 2.45) is 5.73 Å². The molecule has 0 spiro atoms. The fourth-order valence-electron chi connectivity index (χ4n) is 4.02. The van der Waals surface area contributed by atoms with E-state index in [1.165, 1.54) is 89.9 Å². The molecule has 0 fully saturated rings. The smallest absolute Gasteiger partial charge is 0.319 e. The third kappa shape index (κ3) is 17.0. The predicted octanol–water partition coefficient (Wildman–Crippen LogP) is 7.22. The second kappa shape index (κ2) is 22.3. The van der Waals surface area contributed by atoms with Gasteiger partial charge in [0.25, 0.3) is 0 Å². The van der Waals surface area contributed by atoms with E-state index in [4.69, 9.17) is 15.2 Å². The van der Waals surface area contributed by atoms with Crippen molar-refractivity contribution in [3.05, 3.63) is 36.0 Å². The molecule has 200 valence electrons. The number of hydrogen-bond donors (Lipinski definition) is 3. The van der Waals surface area contributed by atoms with Crippen LogP contribution in [0.5, 0.6) is 11.5 Å². The average Bonchev–Trinajstić information content (AvgIpc) is 2.88. The summed E-state index contributed by atoms with van der Waals surface area (Å²) < 4.78 is 10.9. The van der Waals surface area contributed by atoms with Gasteiger partial charge in [-0.3, -0.25) is 0 Å². The van der Waals surface area contributed by atoms with Crippen molar-refractivity contribution in [1.82, 2.24) is 10.6 Å². The standard InChI is InChI=1S/C29H51N3O3/c1-3-4-5-6-7-8-9-10-11-12-13-14-15-16-17-18-22-31-29(33)32-25-26-19-20-27(35-23-21-30)28(24-26)34-2/h18-20,22,24H,3-17,21,23,25,30H2,1-2H3,(H2,31,32,33)/b22-18+. The Morgan fingerprint density at radius 3 is 2.06 bits per heavy atom. The topological polar surface area (TPSA) is 85.6 Å². The molecule has 1 aromatic rings. The number of allylic oxidation sites excluding steroid dienone is 1. The summed E-state index contributed by atoms with van der Waals surface area (Å²) in [7, 11) is 1.59. The Morgan fingerprint density at radius 1 is 0.886 bits per heavy atom. The zero-order chi connectivity index (χ0) is 25.4. The lowest BCUT2D eigenvalue weighted by atomic mass is 10.0. The Labute approximate surface area is 214 Å². The molecule has 0 saturated carbocycles. The Kier molecular flexibility index (Phi) is 19.6. The van der Waals surface area contributed by atoms with Gasteiger partial charge in [-0.2, -0.15) is 0 Å². The van der Waals surface area contributed by atoms with Gasteiger partial charge in [-0.15, -0.1) is 0 Å². The third-order valence-corrected chi connectivity index (χ3v) is 6.11. The van der Waals surface area contributed by atoms with E-state index in [-0.39, 0.29) is 6.03 Å². The van der Waals surface area contributed by atoms with Gasteiger partial charge in [0.05, 0.1) is 7.11 Å². The summed E-state index contributed by atoms with van der Waals surface area (Å²) in [5.74, 6) is 1.28. The highest BCUT2D eigenvalue weighted by Crippen LogP contribution is 2.27. The van der Waals surface area contributed by atoms with Crippen LogP contribution < -0.4 is 25.8 Å². The van der Waals surface area contributed by atoms with E-state index < -0.39 is 0 Å². The Morgan fingerprint density at radius 2 is 1.49 bits per heavy atom. The Balaban J connectivity index is 1.98. The number of benzene rings is 1. The molecule has 0 aliphatic heterocycles. The number of methoxy groups -OCH3 is 1. The largest absolute Gasteiger partial charge is 0.493 e. The molecular formula is C29H51N3O3. The summed E-state index contributed by atoms with van der Waals surface area (Å²) in [4.78, 5) is 12.0. The van der Waals surface area contributed by atoms with Gasteiger partial charge in [0.2, 0.25) is 0 Å². The van der Waals surface area contributed by atoms with E-state index in [2.05, 4.69) is 17.6 Å². The Hall–Kier alpha value is -2.21. The van der Waals surface area contributed by atoms with Crippen LogP contribution in [0.1, 0.15) is 109 Å². The number of carbonyl (C=O) groups excluding carboxylic acids is 1. The van der Waals surface area contributed by atoms with Crippen molar-refractivity contribution in [3.63, 3.8) is 0 Å². The minimum absolute atomic E-state index is 0.218. The summed E-state index contributed by atoms with van der Waals surface area (Å²) in [6, 6.07) is 5.38. The first-order valence-corrected chi connectivity index (χ1v) is 13.9. The van der Waals surface area contributed by atoms with Crippen molar-refractivity contribution in [1.29, 1.82) is 0 Å². The van der Waals surface area contributed by atoms with Gasteiger partial charge < -0.3 is 25.8 Å². The van der Waals surface area contributed by atoms with Gasteiger partial charge in [0.15, 0.2) is 11.5 Å². The highest BCUT2D eigenvalue weighted by atomic mass is 16.5. The quantitative estimate of drug-likeness (QED) is 0.150. The van der Waals surface area contributed by atoms with Crippen molar-refractivity contribution in [2.45, 2.75) is 110 Å². The van der Waals surface area contributed by atoms with Crippen molar-refractivity contribution in [2.75, 3.05) is 20.3 Å². The maximum atomic E-state index is 12.0. The summed E-state index contributed by atoms with van der Waals surface area (Å²) in [6.45, 7) is 3.56. The van der Waals surface area contributed by atoms with E-state index >= 15 is 0 Å². The molecule has 0 bridgehead atoms. The third-order valence-electron chi connectivity index (χ3n) is 6.11. The van der Waals surface area contributed by atoms with Crippen LogP contribution >= 0.6 is 0 Å². The molecule has 0 aliphatic rings. The number of rotatable bonds is 22. The molecule has 0 heterocycles. The van der Waals surface area contributed by atoms with E-state index in [0.29, 0.717) is 31.2 Å². The predicted molar refractivity (Wildman–Crippen MR) is 147 cm³/mol. The molecule has 6 nitrogen and oxygen atoms in total. The first kappa shape index (κ1) is 30.8. The van der Waals surface area contributed by atoms with Gasteiger partial charge in [-0.25, -0.2) is 4.79 Å². The average molecular weight is 490 g/mol. The lowest BCUT2D eigenvalue weighted by molar-refractivity contribution is 0.243. The minimum Gasteiger partial charge on any atom is -0.493 e. The van der Waals surface area contributed by atoms with Gasteiger partial charge in [0.1, 0.15) is 6.61 Å². The maximum Gasteiger partial charge on any atom is 0.319 e. The molecule has 0 atom stereocenters. The van der Waals surface area contributed by atoms with Crippen LogP contribution in [0.25, 0.3) is 0 Å². The van der Waals surface area contributed by atoms with Crippen LogP contribution in [0.2, 0.25) is 0 Å². The number of hydrogen-bond acceptors (Lipinski definition) is 4. The fourth-order valence-corrected chi connectivity index (χ4v) is 4.02. The maximum absolute atomic E-state index is 12.0. The lowest BCUT2D eigenvalue weighted by Gasteiger charge is -2.12. The highest BCUT2D eigenvalue weighted by Gasteiger charge is 2.06. The second-order valence-corrected chi connectivity index (χ2v) is 9.24. The summed E-state index contributed by atoms with van der Waals surface area (Å²) in [5, 5.41) is 5.62. The van der Waals surface area contributed by atoms with Gasteiger partial charge in [-0.1, -0.05) is 103 Å². The number of unbranched alkanes of at least 4 members (excludes halogenated alkanes) is 14. The summed E-state index contributed by atoms with van der Waals surface area (Å²) in [6.07, 6.45) is 23.9. The van der Waals surface area contributed by atoms with Crippen molar-refractivity contribution in [3.8, 4) is 11.5 Å². The molecule has 0 unspecified atom stereocenters. The van der Waals surface area contributed by atoms with Crippen molar-refractivity contribution >= 4 is 6.03 Å². The lowest BCUT2D eigenvalue weighted by Crippen LogP contribution is -2.31. The molecule has 6 heteroatoms. The SMILES string of the molecule is CCCCCCCCCCCCCCCC/C=C/NC(=O)NCc1ccc(OCCN)c(OC)c1. The molecule has 1 aromatic carbocycles. The van der Waals surface area contributed by atoms with Crippen LogP contribution in [-0.2, 0) is 6.54 Å². The van der Waals surface area contributed by atoms with E-state index in [1.54, 1.807) is 13.3 Å². The molecule has 0 radical (unpaired) electrons. The normalized spacial score (nSPS) is 11.1. The number of ether oxygens (including phenoxy) is 2. The molecule has 0 aromatic heterocycles. The summed E-state index contributed by atoms with van der Waals surface area (Å²) in [5.41, 5.74) is 6.41. The second-order valence-electron chi connectivity index (χ2n) is 9.24. The molecule has 1 rings (SSSR count). The summed E-state index contributed by atoms with van der Waals surface area (Å²) >= 11 is 0. The van der Waals surface area contributed by atoms with Crippen LogP contribution in [-0.4, -0.2) is 26.3 Å². The number of carbonyl (C=O) groups is 1. The van der Waals surface area contributed by atoms with Crippen LogP contribution in [0.3, 0.4) is 0 Å². The van der Waals surface area contributed by atoms with Crippen LogP contribution in [0.15, 0.2) is 30.5 Å². The van der Waals surface area contributed by atoms with Crippen LogP contribution in [0.4, 0.5) is 4.79 Å².